The highest BCUT2D eigenvalue weighted by atomic mass is 79.9. The minimum Gasteiger partial charge on any atom is -0.497 e. The molecule has 0 saturated heterocycles. The van der Waals surface area contributed by atoms with Gasteiger partial charge >= 0.3 is 0 Å². The minimum absolute atomic E-state index is 0.0423. The zero-order chi connectivity index (χ0) is 31.7. The van der Waals surface area contributed by atoms with E-state index in [1.807, 2.05) is 54.6 Å². The van der Waals surface area contributed by atoms with Crippen molar-refractivity contribution in [1.29, 1.82) is 0 Å². The number of hydrogen-bond donors (Lipinski definition) is 1. The van der Waals surface area contributed by atoms with E-state index >= 15 is 0 Å². The summed E-state index contributed by atoms with van der Waals surface area (Å²) in [6, 6.07) is 26.3. The van der Waals surface area contributed by atoms with Crippen LogP contribution in [0.1, 0.15) is 18.1 Å². The van der Waals surface area contributed by atoms with Crippen molar-refractivity contribution in [3.63, 3.8) is 0 Å². The number of sulfonamides is 1. The molecule has 230 valence electrons. The van der Waals surface area contributed by atoms with Crippen LogP contribution in [0.4, 0.5) is 10.1 Å². The number of ether oxygens (including phenoxy) is 1. The van der Waals surface area contributed by atoms with Crippen LogP contribution in [0.5, 0.6) is 5.75 Å². The molecule has 0 fully saturated rings. The van der Waals surface area contributed by atoms with Crippen LogP contribution >= 0.6 is 15.9 Å². The van der Waals surface area contributed by atoms with E-state index in [0.29, 0.717) is 12.3 Å². The molecule has 4 rings (SSSR count). The molecule has 0 radical (unpaired) electrons. The van der Waals surface area contributed by atoms with E-state index in [2.05, 4.69) is 21.2 Å². The third-order valence-corrected chi connectivity index (χ3v) is 9.25. The van der Waals surface area contributed by atoms with Gasteiger partial charge in [0.15, 0.2) is 0 Å². The van der Waals surface area contributed by atoms with Crippen molar-refractivity contribution in [2.45, 2.75) is 30.8 Å². The average Bonchev–Trinajstić information content (AvgIpc) is 3.03. The Morgan fingerprint density at radius 2 is 1.52 bits per heavy atom. The van der Waals surface area contributed by atoms with Crippen LogP contribution in [0.2, 0.25) is 0 Å². The van der Waals surface area contributed by atoms with Gasteiger partial charge in [0.1, 0.15) is 24.2 Å². The van der Waals surface area contributed by atoms with Crippen LogP contribution in [0.3, 0.4) is 0 Å². The summed E-state index contributed by atoms with van der Waals surface area (Å²) in [5.41, 5.74) is 1.67. The predicted octanol–water partition coefficient (Wildman–Crippen LogP) is 5.57. The van der Waals surface area contributed by atoms with Gasteiger partial charge in [-0.3, -0.25) is 13.9 Å². The van der Waals surface area contributed by atoms with Gasteiger partial charge in [-0.2, -0.15) is 0 Å². The molecule has 2 amide bonds. The summed E-state index contributed by atoms with van der Waals surface area (Å²) in [5.74, 6) is -1.08. The zero-order valence-corrected chi connectivity index (χ0v) is 26.7. The van der Waals surface area contributed by atoms with Crippen molar-refractivity contribution in [3.8, 4) is 5.75 Å². The fraction of sp³-hybridized carbons (Fsp3) is 0.212. The molecule has 0 aliphatic carbocycles. The minimum atomic E-state index is -4.31. The van der Waals surface area contributed by atoms with Crippen molar-refractivity contribution >= 4 is 43.5 Å². The largest absolute Gasteiger partial charge is 0.497 e. The number of benzene rings is 4. The lowest BCUT2D eigenvalue weighted by molar-refractivity contribution is -0.140. The highest BCUT2D eigenvalue weighted by Gasteiger charge is 2.34. The number of anilines is 1. The maximum atomic E-state index is 14.3. The number of rotatable bonds is 13. The standard InChI is InChI=1S/C33H33BrFN3O5S/c1-3-36-33(40)31(21-24-7-5-4-6-8-24)37(22-25-9-11-26(34)12-10-25)32(39)23-38(28-15-13-27(35)14-16-28)44(41,42)30-19-17-29(43-2)18-20-30/h4-20,31H,3,21-23H2,1-2H3,(H,36,40)/t31-/m0/s1. The molecule has 0 bridgehead atoms. The van der Waals surface area contributed by atoms with Gasteiger partial charge in [-0.05, 0) is 78.7 Å². The summed E-state index contributed by atoms with van der Waals surface area (Å²) in [7, 11) is -2.85. The number of nitrogens with zero attached hydrogens (tertiary/aromatic N) is 2. The van der Waals surface area contributed by atoms with Gasteiger partial charge in [0, 0.05) is 24.0 Å². The van der Waals surface area contributed by atoms with Gasteiger partial charge in [0.05, 0.1) is 17.7 Å². The molecule has 0 heterocycles. The Labute approximate surface area is 265 Å². The highest BCUT2D eigenvalue weighted by molar-refractivity contribution is 9.10. The number of hydrogen-bond acceptors (Lipinski definition) is 5. The second kappa shape index (κ2) is 15.0. The first kappa shape index (κ1) is 32.7. The fourth-order valence-electron chi connectivity index (χ4n) is 4.64. The summed E-state index contributed by atoms with van der Waals surface area (Å²) in [6.07, 6.45) is 0.205. The van der Waals surface area contributed by atoms with Gasteiger partial charge in [0.2, 0.25) is 11.8 Å². The second-order valence-corrected chi connectivity index (χ2v) is 12.7. The highest BCUT2D eigenvalue weighted by Crippen LogP contribution is 2.27. The fourth-order valence-corrected chi connectivity index (χ4v) is 6.32. The molecule has 0 aromatic heterocycles. The maximum Gasteiger partial charge on any atom is 0.264 e. The number of carbonyl (C=O) groups excluding carboxylic acids is 2. The van der Waals surface area contributed by atoms with Crippen LogP contribution in [0.15, 0.2) is 112 Å². The molecule has 1 atom stereocenters. The Kier molecular flexibility index (Phi) is 11.1. The number of methoxy groups -OCH3 is 1. The molecule has 0 unspecified atom stereocenters. The molecule has 0 aliphatic rings. The van der Waals surface area contributed by atoms with E-state index < -0.39 is 34.3 Å². The molecule has 0 aliphatic heterocycles. The van der Waals surface area contributed by atoms with Crippen LogP contribution in [0, 0.1) is 5.82 Å². The Morgan fingerprint density at radius 1 is 0.886 bits per heavy atom. The van der Waals surface area contributed by atoms with Crippen molar-refractivity contribution in [2.24, 2.45) is 0 Å². The molecule has 4 aromatic carbocycles. The van der Waals surface area contributed by atoms with Crippen LogP contribution in [0.25, 0.3) is 0 Å². The zero-order valence-electron chi connectivity index (χ0n) is 24.3. The van der Waals surface area contributed by atoms with E-state index in [4.69, 9.17) is 4.74 Å². The molecular formula is C33H33BrFN3O5S. The third kappa shape index (κ3) is 8.23. The summed E-state index contributed by atoms with van der Waals surface area (Å²) in [6.45, 7) is 1.54. The Hall–Kier alpha value is -4.22. The van der Waals surface area contributed by atoms with Gasteiger partial charge in [-0.25, -0.2) is 12.8 Å². The van der Waals surface area contributed by atoms with Crippen molar-refractivity contribution in [2.75, 3.05) is 24.5 Å². The monoisotopic (exact) mass is 681 g/mol. The first-order chi connectivity index (χ1) is 21.1. The summed E-state index contributed by atoms with van der Waals surface area (Å²) in [5, 5.41) is 2.83. The van der Waals surface area contributed by atoms with Crippen molar-refractivity contribution in [1.82, 2.24) is 10.2 Å². The normalized spacial score (nSPS) is 11.8. The molecule has 44 heavy (non-hydrogen) atoms. The van der Waals surface area contributed by atoms with E-state index in [0.717, 1.165) is 32.0 Å². The van der Waals surface area contributed by atoms with Gasteiger partial charge in [-0.15, -0.1) is 0 Å². The van der Waals surface area contributed by atoms with Crippen molar-refractivity contribution < 1.29 is 27.1 Å². The number of nitrogens with one attached hydrogen (secondary N) is 1. The topological polar surface area (TPSA) is 96.0 Å². The van der Waals surface area contributed by atoms with Crippen LogP contribution in [-0.4, -0.2) is 51.4 Å². The van der Waals surface area contributed by atoms with Crippen molar-refractivity contribution in [3.05, 3.63) is 125 Å². The summed E-state index contributed by atoms with van der Waals surface area (Å²) < 4.78 is 48.8. The van der Waals surface area contributed by atoms with Gasteiger partial charge < -0.3 is 15.0 Å². The van der Waals surface area contributed by atoms with E-state index in [9.17, 15) is 22.4 Å². The lowest BCUT2D eigenvalue weighted by atomic mass is 10.0. The first-order valence-corrected chi connectivity index (χ1v) is 16.1. The second-order valence-electron chi connectivity index (χ2n) is 9.91. The number of amides is 2. The molecule has 0 spiro atoms. The average molecular weight is 683 g/mol. The van der Waals surface area contributed by atoms with Gasteiger partial charge in [-0.1, -0.05) is 58.4 Å². The Morgan fingerprint density at radius 3 is 2.11 bits per heavy atom. The maximum absolute atomic E-state index is 14.3. The Balaban J connectivity index is 1.78. The van der Waals surface area contributed by atoms with E-state index in [1.54, 1.807) is 6.92 Å². The Bertz CT molecular complexity index is 1650. The molecule has 4 aromatic rings. The quantitative estimate of drug-likeness (QED) is 0.199. The molecule has 11 heteroatoms. The number of halogens is 2. The molecule has 1 N–H and O–H groups in total. The number of carbonyl (C=O) groups is 2. The van der Waals surface area contributed by atoms with E-state index in [1.165, 1.54) is 48.4 Å². The summed E-state index contributed by atoms with van der Waals surface area (Å²) >= 11 is 3.42. The first-order valence-electron chi connectivity index (χ1n) is 13.9. The smallest absolute Gasteiger partial charge is 0.264 e. The molecule has 0 saturated carbocycles. The predicted molar refractivity (Wildman–Crippen MR) is 171 cm³/mol. The third-order valence-electron chi connectivity index (χ3n) is 6.93. The van der Waals surface area contributed by atoms with E-state index in [-0.39, 0.29) is 29.5 Å². The number of likely N-dealkylation sites (N-methyl/N-ethyl adjacent to an activating group) is 1. The van der Waals surface area contributed by atoms with Crippen LogP contribution < -0.4 is 14.4 Å². The molecular weight excluding hydrogens is 649 g/mol. The van der Waals surface area contributed by atoms with Crippen LogP contribution in [-0.2, 0) is 32.6 Å². The van der Waals surface area contributed by atoms with Gasteiger partial charge in [0.25, 0.3) is 10.0 Å². The SMILES string of the molecule is CCNC(=O)[C@H](Cc1ccccc1)N(Cc1ccc(Br)cc1)C(=O)CN(c1ccc(F)cc1)S(=O)(=O)c1ccc(OC)cc1. The lowest BCUT2D eigenvalue weighted by Crippen LogP contribution is -2.53. The lowest BCUT2D eigenvalue weighted by Gasteiger charge is -2.33. The molecule has 8 nitrogen and oxygen atoms in total. The summed E-state index contributed by atoms with van der Waals surface area (Å²) in [4.78, 5) is 29.2.